The van der Waals surface area contributed by atoms with E-state index in [2.05, 4.69) is 85.3 Å². The van der Waals surface area contributed by atoms with Crippen LogP contribution >= 0.6 is 27.7 Å². The number of fused-ring (bicyclic) bond motifs is 4. The number of aromatic nitrogens is 4. The SMILES string of the molecule is O=C(CCCSc1nnc2c3ccccc3n(Cc3ccc(Br)cc3)c2n1)N1CCc2ccccc2C1. The van der Waals surface area contributed by atoms with Crippen LogP contribution in [0.3, 0.4) is 0 Å². The molecule has 0 N–H and O–H groups in total. The maximum Gasteiger partial charge on any atom is 0.222 e. The van der Waals surface area contributed by atoms with Gasteiger partial charge in [-0.2, -0.15) is 0 Å². The van der Waals surface area contributed by atoms with E-state index < -0.39 is 0 Å². The van der Waals surface area contributed by atoms with Crippen molar-refractivity contribution in [3.63, 3.8) is 0 Å². The number of halogens is 1. The number of hydrogen-bond acceptors (Lipinski definition) is 5. The Hall–Kier alpha value is -3.23. The first kappa shape index (κ1) is 24.1. The maximum atomic E-state index is 12.8. The molecule has 0 atom stereocenters. The van der Waals surface area contributed by atoms with Gasteiger partial charge in [0.2, 0.25) is 11.1 Å². The molecule has 3 aromatic carbocycles. The van der Waals surface area contributed by atoms with E-state index in [1.54, 1.807) is 11.8 Å². The zero-order chi connectivity index (χ0) is 25.2. The minimum atomic E-state index is 0.222. The highest BCUT2D eigenvalue weighted by atomic mass is 79.9. The molecule has 186 valence electrons. The van der Waals surface area contributed by atoms with Gasteiger partial charge in [0.25, 0.3) is 0 Å². The van der Waals surface area contributed by atoms with Gasteiger partial charge in [0.15, 0.2) is 5.65 Å². The summed E-state index contributed by atoms with van der Waals surface area (Å²) in [5, 5.41) is 10.7. The standard InChI is InChI=1S/C29H26BrN5OS/c30-23-13-11-20(12-14-23)18-35-25-9-4-3-8-24(25)27-28(35)31-29(33-32-27)37-17-5-10-26(36)34-16-15-21-6-1-2-7-22(21)19-34/h1-4,6-9,11-14H,5,10,15-19H2. The largest absolute Gasteiger partial charge is 0.338 e. The molecule has 37 heavy (non-hydrogen) atoms. The molecule has 0 fully saturated rings. The van der Waals surface area contributed by atoms with Gasteiger partial charge in [-0.05, 0) is 47.7 Å². The molecule has 0 bridgehead atoms. The first-order chi connectivity index (χ1) is 18.2. The van der Waals surface area contributed by atoms with Crippen molar-refractivity contribution in [3.05, 3.63) is 94.0 Å². The zero-order valence-corrected chi connectivity index (χ0v) is 22.7. The molecule has 0 saturated carbocycles. The lowest BCUT2D eigenvalue weighted by Gasteiger charge is -2.29. The van der Waals surface area contributed by atoms with E-state index >= 15 is 0 Å². The molecule has 0 saturated heterocycles. The number of rotatable bonds is 7. The second-order valence-electron chi connectivity index (χ2n) is 9.28. The lowest BCUT2D eigenvalue weighted by Crippen LogP contribution is -2.35. The van der Waals surface area contributed by atoms with Crippen molar-refractivity contribution in [2.24, 2.45) is 0 Å². The van der Waals surface area contributed by atoms with Crippen LogP contribution in [-0.4, -0.2) is 42.9 Å². The molecule has 5 aromatic rings. The monoisotopic (exact) mass is 571 g/mol. The number of carbonyl (C=O) groups excluding carboxylic acids is 1. The summed E-state index contributed by atoms with van der Waals surface area (Å²) in [6.07, 6.45) is 2.25. The van der Waals surface area contributed by atoms with Gasteiger partial charge in [-0.1, -0.05) is 82.3 Å². The average molecular weight is 573 g/mol. The first-order valence-electron chi connectivity index (χ1n) is 12.5. The van der Waals surface area contributed by atoms with E-state index in [9.17, 15) is 4.79 Å². The number of thioether (sulfide) groups is 1. The van der Waals surface area contributed by atoms with Crippen LogP contribution in [-0.2, 0) is 24.3 Å². The Bertz CT molecular complexity index is 1580. The Morgan fingerprint density at radius 2 is 1.73 bits per heavy atom. The number of amides is 1. The van der Waals surface area contributed by atoms with Crippen LogP contribution < -0.4 is 0 Å². The van der Waals surface area contributed by atoms with E-state index in [1.165, 1.54) is 16.7 Å². The van der Waals surface area contributed by atoms with Gasteiger partial charge in [0.05, 0.1) is 5.52 Å². The van der Waals surface area contributed by atoms with Gasteiger partial charge in [0.1, 0.15) is 5.52 Å². The highest BCUT2D eigenvalue weighted by Crippen LogP contribution is 2.28. The molecular weight excluding hydrogens is 546 g/mol. The fourth-order valence-electron chi connectivity index (χ4n) is 4.94. The number of benzene rings is 3. The highest BCUT2D eigenvalue weighted by molar-refractivity contribution is 9.10. The predicted molar refractivity (Wildman–Crippen MR) is 152 cm³/mol. The van der Waals surface area contributed by atoms with Gasteiger partial charge in [-0.15, -0.1) is 10.2 Å². The molecule has 8 heteroatoms. The molecule has 6 rings (SSSR count). The molecule has 3 heterocycles. The fraction of sp³-hybridized carbons (Fsp3) is 0.241. The van der Waals surface area contributed by atoms with E-state index in [1.807, 2.05) is 23.1 Å². The third-order valence-electron chi connectivity index (χ3n) is 6.86. The van der Waals surface area contributed by atoms with Crippen LogP contribution in [0.15, 0.2) is 82.4 Å². The van der Waals surface area contributed by atoms with E-state index in [0.29, 0.717) is 18.1 Å². The van der Waals surface area contributed by atoms with Crippen molar-refractivity contribution in [2.75, 3.05) is 12.3 Å². The van der Waals surface area contributed by atoms with Gasteiger partial charge in [-0.25, -0.2) is 4.98 Å². The number of hydrogen-bond donors (Lipinski definition) is 0. The number of para-hydroxylation sites is 1. The summed E-state index contributed by atoms with van der Waals surface area (Å²) in [4.78, 5) is 19.7. The van der Waals surface area contributed by atoms with Crippen molar-refractivity contribution in [2.45, 2.75) is 37.5 Å². The third kappa shape index (κ3) is 5.13. The third-order valence-corrected chi connectivity index (χ3v) is 8.31. The molecule has 1 amide bonds. The summed E-state index contributed by atoms with van der Waals surface area (Å²) >= 11 is 5.08. The topological polar surface area (TPSA) is 63.9 Å². The van der Waals surface area contributed by atoms with Gasteiger partial charge < -0.3 is 9.47 Å². The van der Waals surface area contributed by atoms with Gasteiger partial charge in [-0.3, -0.25) is 4.79 Å². The number of nitrogens with zero attached hydrogens (tertiary/aromatic N) is 5. The second-order valence-corrected chi connectivity index (χ2v) is 11.3. The van der Waals surface area contributed by atoms with Crippen molar-refractivity contribution in [1.82, 2.24) is 24.6 Å². The smallest absolute Gasteiger partial charge is 0.222 e. The molecule has 2 aromatic heterocycles. The van der Waals surface area contributed by atoms with Crippen LogP contribution in [0, 0.1) is 0 Å². The molecular formula is C29H26BrN5OS. The Morgan fingerprint density at radius 1 is 0.946 bits per heavy atom. The summed E-state index contributed by atoms with van der Waals surface area (Å²) < 4.78 is 3.27. The van der Waals surface area contributed by atoms with Crippen molar-refractivity contribution in [3.8, 4) is 0 Å². The van der Waals surface area contributed by atoms with Crippen molar-refractivity contribution >= 4 is 55.7 Å². The quantitative estimate of drug-likeness (QED) is 0.171. The highest BCUT2D eigenvalue weighted by Gasteiger charge is 2.20. The Labute approximate surface area is 228 Å². The summed E-state index contributed by atoms with van der Waals surface area (Å²) in [7, 11) is 0. The van der Waals surface area contributed by atoms with Crippen LogP contribution in [0.2, 0.25) is 0 Å². The molecule has 0 spiro atoms. The minimum Gasteiger partial charge on any atom is -0.338 e. The molecule has 1 aliphatic rings. The van der Waals surface area contributed by atoms with Gasteiger partial charge in [0, 0.05) is 41.7 Å². The van der Waals surface area contributed by atoms with Crippen LogP contribution in [0.1, 0.15) is 29.5 Å². The van der Waals surface area contributed by atoms with Crippen molar-refractivity contribution in [1.29, 1.82) is 0 Å². The lowest BCUT2D eigenvalue weighted by atomic mass is 10.00. The fourth-order valence-corrected chi connectivity index (χ4v) is 5.92. The predicted octanol–water partition coefficient (Wildman–Crippen LogP) is 6.25. The molecule has 0 radical (unpaired) electrons. The van der Waals surface area contributed by atoms with Crippen LogP contribution in [0.25, 0.3) is 22.1 Å². The molecule has 1 aliphatic heterocycles. The summed E-state index contributed by atoms with van der Waals surface area (Å²) in [5.74, 6) is 0.996. The summed E-state index contributed by atoms with van der Waals surface area (Å²) in [6, 6.07) is 25.0. The lowest BCUT2D eigenvalue weighted by molar-refractivity contribution is -0.132. The maximum absolute atomic E-state index is 12.8. The summed E-state index contributed by atoms with van der Waals surface area (Å²) in [5.41, 5.74) is 6.57. The van der Waals surface area contributed by atoms with E-state index in [0.717, 1.165) is 58.2 Å². The Balaban J connectivity index is 1.14. The first-order valence-corrected chi connectivity index (χ1v) is 14.3. The Kier molecular flexibility index (Phi) is 6.93. The molecule has 6 nitrogen and oxygen atoms in total. The van der Waals surface area contributed by atoms with Gasteiger partial charge >= 0.3 is 0 Å². The zero-order valence-electron chi connectivity index (χ0n) is 20.3. The van der Waals surface area contributed by atoms with Crippen molar-refractivity contribution < 1.29 is 4.79 Å². The molecule has 0 unspecified atom stereocenters. The van der Waals surface area contributed by atoms with E-state index in [-0.39, 0.29) is 5.91 Å². The average Bonchev–Trinajstić information content (AvgIpc) is 3.24. The second kappa shape index (κ2) is 10.6. The molecule has 0 aliphatic carbocycles. The van der Waals surface area contributed by atoms with Crippen LogP contribution in [0.5, 0.6) is 0 Å². The minimum absolute atomic E-state index is 0.222. The van der Waals surface area contributed by atoms with E-state index in [4.69, 9.17) is 4.98 Å². The summed E-state index contributed by atoms with van der Waals surface area (Å²) in [6.45, 7) is 2.22. The normalized spacial score (nSPS) is 13.3. The van der Waals surface area contributed by atoms with Crippen LogP contribution in [0.4, 0.5) is 0 Å². The Morgan fingerprint density at radius 3 is 2.59 bits per heavy atom. The number of carbonyl (C=O) groups is 1.